The number of rotatable bonds is 5. The van der Waals surface area contributed by atoms with Crippen molar-refractivity contribution in [1.29, 1.82) is 0 Å². The van der Waals surface area contributed by atoms with Crippen molar-refractivity contribution < 1.29 is 23.8 Å². The molecule has 1 amide bonds. The molecule has 1 aromatic heterocycles. The normalized spacial score (nSPS) is 12.0. The molecule has 122 valence electrons. The summed E-state index contributed by atoms with van der Waals surface area (Å²) in [6.07, 6.45) is -0.270. The first kappa shape index (κ1) is 16.5. The second kappa shape index (κ2) is 6.51. The number of methoxy groups -OCH3 is 1. The minimum Gasteiger partial charge on any atom is -0.548 e. The third-order valence-electron chi connectivity index (χ3n) is 3.56. The molecule has 7 nitrogen and oxygen atoms in total. The molecule has 0 spiro atoms. The van der Waals surface area contributed by atoms with Gasteiger partial charge in [0, 0.05) is 11.5 Å². The molecule has 0 bridgehead atoms. The van der Waals surface area contributed by atoms with Gasteiger partial charge in [-0.3, -0.25) is 4.79 Å². The van der Waals surface area contributed by atoms with Crippen LogP contribution in [0.15, 0.2) is 27.4 Å². The average Bonchev–Trinajstić information content (AvgIpc) is 2.50. The highest BCUT2D eigenvalue weighted by Gasteiger charge is 2.16. The summed E-state index contributed by atoms with van der Waals surface area (Å²) < 4.78 is 10.3. The van der Waals surface area contributed by atoms with E-state index in [9.17, 15) is 19.5 Å². The maximum Gasteiger partial charge on any atom is 0.340 e. The molecule has 2 aromatic rings. The Morgan fingerprint density at radius 1 is 1.39 bits per heavy atom. The molecule has 1 heterocycles. The molecule has 0 aliphatic rings. The van der Waals surface area contributed by atoms with Gasteiger partial charge in [0.05, 0.1) is 31.1 Å². The first-order chi connectivity index (χ1) is 10.8. The lowest BCUT2D eigenvalue weighted by Gasteiger charge is -2.15. The Morgan fingerprint density at radius 2 is 2.09 bits per heavy atom. The highest BCUT2D eigenvalue weighted by molar-refractivity contribution is 5.87. The number of nitrogens with one attached hydrogen (secondary N) is 1. The summed E-state index contributed by atoms with van der Waals surface area (Å²) in [5.41, 5.74) is 0.513. The summed E-state index contributed by atoms with van der Waals surface area (Å²) in [5.74, 6) is -1.44. The van der Waals surface area contributed by atoms with Crippen molar-refractivity contribution >= 4 is 22.8 Å². The Labute approximate surface area is 131 Å². The first-order valence-electron chi connectivity index (χ1n) is 6.94. The number of amides is 1. The lowest BCUT2D eigenvalue weighted by Crippen LogP contribution is -2.46. The molecule has 0 unspecified atom stereocenters. The largest absolute Gasteiger partial charge is 0.548 e. The maximum atomic E-state index is 12.1. The Kier molecular flexibility index (Phi) is 4.68. The molecular formula is C16H16NO6-. The monoisotopic (exact) mass is 318 g/mol. The van der Waals surface area contributed by atoms with Crippen molar-refractivity contribution in [1.82, 2.24) is 5.32 Å². The first-order valence-corrected chi connectivity index (χ1v) is 6.94. The third kappa shape index (κ3) is 3.50. The van der Waals surface area contributed by atoms with Crippen LogP contribution in [0.3, 0.4) is 0 Å². The Hall–Kier alpha value is -2.83. The van der Waals surface area contributed by atoms with E-state index in [4.69, 9.17) is 9.15 Å². The number of aliphatic carboxylic acids is 1. The molecule has 23 heavy (non-hydrogen) atoms. The summed E-state index contributed by atoms with van der Waals surface area (Å²) >= 11 is 0. The fourth-order valence-electron chi connectivity index (χ4n) is 2.22. The number of fused-ring (bicyclic) bond motifs is 1. The smallest absolute Gasteiger partial charge is 0.340 e. The molecule has 0 radical (unpaired) electrons. The van der Waals surface area contributed by atoms with Gasteiger partial charge in [-0.25, -0.2) is 4.79 Å². The van der Waals surface area contributed by atoms with E-state index >= 15 is 0 Å². The van der Waals surface area contributed by atoms with E-state index < -0.39 is 23.5 Å². The second-order valence-corrected chi connectivity index (χ2v) is 5.14. The van der Waals surface area contributed by atoms with Crippen LogP contribution in [-0.2, 0) is 16.0 Å². The van der Waals surface area contributed by atoms with Crippen LogP contribution in [0.2, 0.25) is 0 Å². The van der Waals surface area contributed by atoms with Crippen LogP contribution in [0.25, 0.3) is 11.0 Å². The quantitative estimate of drug-likeness (QED) is 0.772. The van der Waals surface area contributed by atoms with Crippen molar-refractivity contribution in [3.63, 3.8) is 0 Å². The molecule has 7 heteroatoms. The minimum atomic E-state index is -1.40. The van der Waals surface area contributed by atoms with Gasteiger partial charge in [-0.15, -0.1) is 0 Å². The highest BCUT2D eigenvalue weighted by Crippen LogP contribution is 2.24. The summed E-state index contributed by atoms with van der Waals surface area (Å²) in [5, 5.41) is 13.6. The van der Waals surface area contributed by atoms with E-state index in [0.717, 1.165) is 0 Å². The molecular weight excluding hydrogens is 302 g/mol. The topological polar surface area (TPSA) is 109 Å². The van der Waals surface area contributed by atoms with Crippen LogP contribution in [-0.4, -0.2) is 25.0 Å². The van der Waals surface area contributed by atoms with Gasteiger partial charge in [-0.1, -0.05) is 0 Å². The van der Waals surface area contributed by atoms with Gasteiger partial charge < -0.3 is 24.4 Å². The van der Waals surface area contributed by atoms with Crippen LogP contribution in [0.1, 0.15) is 18.1 Å². The van der Waals surface area contributed by atoms with Crippen molar-refractivity contribution in [2.24, 2.45) is 0 Å². The number of ether oxygens (including phenoxy) is 1. The zero-order valence-corrected chi connectivity index (χ0v) is 13.0. The molecule has 0 saturated heterocycles. The summed E-state index contributed by atoms with van der Waals surface area (Å²) in [4.78, 5) is 34.6. The van der Waals surface area contributed by atoms with Crippen LogP contribution in [0, 0.1) is 6.92 Å². The Bertz CT molecular complexity index is 823. The van der Waals surface area contributed by atoms with Crippen molar-refractivity contribution in [3.8, 4) is 5.75 Å². The number of hydrogen-bond donors (Lipinski definition) is 1. The van der Waals surface area contributed by atoms with E-state index in [2.05, 4.69) is 5.32 Å². The van der Waals surface area contributed by atoms with Gasteiger partial charge in [0.2, 0.25) is 5.91 Å². The Balaban J connectivity index is 2.36. The molecule has 1 aromatic carbocycles. The van der Waals surface area contributed by atoms with E-state index in [1.54, 1.807) is 25.1 Å². The number of aryl methyl sites for hydroxylation is 1. The van der Waals surface area contributed by atoms with Gasteiger partial charge in [0.1, 0.15) is 11.3 Å². The number of carboxylic acid groups (broad SMARTS) is 1. The summed E-state index contributed by atoms with van der Waals surface area (Å²) in [6.45, 7) is 2.99. The second-order valence-electron chi connectivity index (χ2n) is 5.14. The minimum absolute atomic E-state index is 0.186. The van der Waals surface area contributed by atoms with Crippen LogP contribution < -0.4 is 20.8 Å². The van der Waals surface area contributed by atoms with Crippen molar-refractivity contribution in [3.05, 3.63) is 39.7 Å². The lowest BCUT2D eigenvalue weighted by atomic mass is 10.0. The fraction of sp³-hybridized carbons (Fsp3) is 0.312. The van der Waals surface area contributed by atoms with Crippen molar-refractivity contribution in [2.75, 3.05) is 7.11 Å². The molecule has 0 aliphatic heterocycles. The number of benzene rings is 1. The third-order valence-corrected chi connectivity index (χ3v) is 3.56. The fourth-order valence-corrected chi connectivity index (χ4v) is 2.22. The number of carbonyl (C=O) groups excluding carboxylic acids is 2. The van der Waals surface area contributed by atoms with Gasteiger partial charge in [-0.05, 0) is 31.5 Å². The molecule has 0 saturated carbocycles. The SMILES string of the molecule is COc1ccc2c(C)c(CC(=O)N[C@@H](C)C(=O)[O-])c(=O)oc2c1. The van der Waals surface area contributed by atoms with Crippen LogP contribution >= 0.6 is 0 Å². The van der Waals surface area contributed by atoms with E-state index in [1.165, 1.54) is 14.0 Å². The van der Waals surface area contributed by atoms with Crippen molar-refractivity contribution in [2.45, 2.75) is 26.3 Å². The van der Waals surface area contributed by atoms with E-state index in [0.29, 0.717) is 22.3 Å². The average molecular weight is 318 g/mol. The lowest BCUT2D eigenvalue weighted by molar-refractivity contribution is -0.307. The Morgan fingerprint density at radius 3 is 2.70 bits per heavy atom. The molecule has 0 fully saturated rings. The summed E-state index contributed by atoms with van der Waals surface area (Å²) in [7, 11) is 1.50. The summed E-state index contributed by atoms with van der Waals surface area (Å²) in [6, 6.07) is 3.90. The molecule has 2 rings (SSSR count). The number of hydrogen-bond acceptors (Lipinski definition) is 6. The highest BCUT2D eigenvalue weighted by atomic mass is 16.5. The standard InChI is InChI=1S/C16H17NO6/c1-8-11-5-4-10(22-3)6-13(11)23-16(21)12(8)7-14(18)17-9(2)15(19)20/h4-6,9H,7H2,1-3H3,(H,17,18)(H,19,20)/p-1/t9-/m0/s1. The van der Waals surface area contributed by atoms with Gasteiger partial charge >= 0.3 is 5.63 Å². The van der Waals surface area contributed by atoms with E-state index in [1.807, 2.05) is 0 Å². The molecule has 1 atom stereocenters. The maximum absolute atomic E-state index is 12.1. The molecule has 0 aliphatic carbocycles. The van der Waals surface area contributed by atoms with Crippen LogP contribution in [0.4, 0.5) is 0 Å². The number of carboxylic acids is 1. The van der Waals surface area contributed by atoms with Gasteiger partial charge in [0.25, 0.3) is 0 Å². The number of carbonyl (C=O) groups is 2. The predicted octanol–water partition coefficient (Wildman–Crippen LogP) is -0.0929. The van der Waals surface area contributed by atoms with E-state index in [-0.39, 0.29) is 12.0 Å². The zero-order chi connectivity index (χ0) is 17.1. The predicted molar refractivity (Wildman–Crippen MR) is 80.1 cm³/mol. The van der Waals surface area contributed by atoms with Gasteiger partial charge in [0.15, 0.2) is 0 Å². The molecule has 1 N–H and O–H groups in total. The zero-order valence-electron chi connectivity index (χ0n) is 13.0. The van der Waals surface area contributed by atoms with Gasteiger partial charge in [-0.2, -0.15) is 0 Å². The van der Waals surface area contributed by atoms with Crippen LogP contribution in [0.5, 0.6) is 5.75 Å².